The number of primary amides is 1. The van der Waals surface area contributed by atoms with Gasteiger partial charge in [0.1, 0.15) is 22.5 Å². The van der Waals surface area contributed by atoms with Crippen LogP contribution < -0.4 is 16.8 Å². The fourth-order valence-corrected chi connectivity index (χ4v) is 5.00. The van der Waals surface area contributed by atoms with Gasteiger partial charge in [-0.2, -0.15) is 4.37 Å². The summed E-state index contributed by atoms with van der Waals surface area (Å²) in [7, 11) is 0. The highest BCUT2D eigenvalue weighted by molar-refractivity contribution is 7.09. The van der Waals surface area contributed by atoms with E-state index in [1.54, 1.807) is 54.7 Å². The summed E-state index contributed by atoms with van der Waals surface area (Å²) in [6.45, 7) is -0.0170. The number of fused-ring (bicyclic) bond motifs is 1. The second-order valence-corrected chi connectivity index (χ2v) is 9.63. The van der Waals surface area contributed by atoms with Crippen LogP contribution in [0.3, 0.4) is 0 Å². The molecule has 0 aliphatic heterocycles. The zero-order valence-electron chi connectivity index (χ0n) is 20.9. The van der Waals surface area contributed by atoms with Crippen molar-refractivity contribution in [1.29, 1.82) is 0 Å². The lowest BCUT2D eigenvalue weighted by atomic mass is 10.0. The van der Waals surface area contributed by atoms with Crippen molar-refractivity contribution in [2.24, 2.45) is 5.73 Å². The van der Waals surface area contributed by atoms with E-state index in [2.05, 4.69) is 14.7 Å². The van der Waals surface area contributed by atoms with Crippen LogP contribution in [-0.2, 0) is 17.9 Å². The van der Waals surface area contributed by atoms with Gasteiger partial charge in [0.05, 0.1) is 24.0 Å². The molecule has 3 amide bonds. The second kappa shape index (κ2) is 11.3. The third-order valence-electron chi connectivity index (χ3n) is 6.21. The van der Waals surface area contributed by atoms with E-state index in [0.29, 0.717) is 22.4 Å². The number of carbonyl (C=O) groups is 3. The van der Waals surface area contributed by atoms with Crippen molar-refractivity contribution < 1.29 is 23.2 Å². The van der Waals surface area contributed by atoms with Crippen LogP contribution >= 0.6 is 11.5 Å². The Labute approximate surface area is 231 Å². The molecule has 0 saturated carbocycles. The Hall–Kier alpha value is -5.10. The van der Waals surface area contributed by atoms with Gasteiger partial charge in [0, 0.05) is 18.1 Å². The summed E-state index contributed by atoms with van der Waals surface area (Å²) in [6, 6.07) is 16.7. The molecule has 5 rings (SSSR count). The molecule has 0 spiro atoms. The van der Waals surface area contributed by atoms with Crippen LogP contribution in [0.4, 0.5) is 10.1 Å². The Morgan fingerprint density at radius 2 is 1.88 bits per heavy atom. The molecule has 0 unspecified atom stereocenters. The predicted octanol–water partition coefficient (Wildman–Crippen LogP) is 3.80. The highest BCUT2D eigenvalue weighted by atomic mass is 32.1. The number of nitrogens with two attached hydrogens (primary N) is 2. The minimum Gasteiger partial charge on any atom is -0.467 e. The van der Waals surface area contributed by atoms with Crippen molar-refractivity contribution in [2.45, 2.75) is 19.1 Å². The normalized spacial score (nSPS) is 11.7. The number of amides is 3. The monoisotopic (exact) mass is 558 g/mol. The number of pyridine rings is 1. The van der Waals surface area contributed by atoms with Crippen LogP contribution in [0, 0.1) is 5.82 Å². The van der Waals surface area contributed by atoms with Gasteiger partial charge < -0.3 is 26.1 Å². The third kappa shape index (κ3) is 5.52. The highest BCUT2D eigenvalue weighted by Crippen LogP contribution is 2.31. The van der Waals surface area contributed by atoms with Crippen LogP contribution in [0.5, 0.6) is 0 Å². The first-order valence-corrected chi connectivity index (χ1v) is 12.8. The number of furan rings is 1. The van der Waals surface area contributed by atoms with Crippen LogP contribution in [0.25, 0.3) is 10.9 Å². The van der Waals surface area contributed by atoms with E-state index in [-0.39, 0.29) is 29.3 Å². The first kappa shape index (κ1) is 26.5. The van der Waals surface area contributed by atoms with E-state index in [9.17, 15) is 18.8 Å². The fourth-order valence-electron chi connectivity index (χ4n) is 4.24. The molecule has 5 aromatic rings. The average Bonchev–Trinajstić information content (AvgIpc) is 3.61. The Bertz CT molecular complexity index is 1690. The van der Waals surface area contributed by atoms with Crippen LogP contribution in [-0.4, -0.2) is 32.0 Å². The maximum absolute atomic E-state index is 14.0. The number of nitrogens with one attached hydrogen (secondary N) is 1. The zero-order valence-corrected chi connectivity index (χ0v) is 21.7. The summed E-state index contributed by atoms with van der Waals surface area (Å²) in [5.41, 5.74) is 12.9. The van der Waals surface area contributed by atoms with Crippen molar-refractivity contribution >= 4 is 45.8 Å². The number of hydrogen-bond acceptors (Lipinski definition) is 8. The van der Waals surface area contributed by atoms with Gasteiger partial charge in [-0.05, 0) is 65.1 Å². The molecule has 0 saturated heterocycles. The number of hydrogen-bond donors (Lipinski definition) is 3. The van der Waals surface area contributed by atoms with E-state index in [1.807, 2.05) is 6.07 Å². The van der Waals surface area contributed by atoms with Crippen LogP contribution in [0.15, 0.2) is 83.6 Å². The molecule has 0 radical (unpaired) electrons. The maximum atomic E-state index is 14.0. The van der Waals surface area contributed by atoms with E-state index in [0.717, 1.165) is 16.9 Å². The molecular formula is C28H23FN6O4S. The predicted molar refractivity (Wildman–Crippen MR) is 146 cm³/mol. The summed E-state index contributed by atoms with van der Waals surface area (Å²) in [4.78, 5) is 45.2. The minimum absolute atomic E-state index is 0.0425. The number of rotatable bonds is 9. The lowest BCUT2D eigenvalue weighted by Gasteiger charge is -2.30. The summed E-state index contributed by atoms with van der Waals surface area (Å²) in [5.74, 6) is -2.02. The number of aromatic nitrogens is 2. The van der Waals surface area contributed by atoms with Crippen molar-refractivity contribution in [3.8, 4) is 0 Å². The second-order valence-electron chi connectivity index (χ2n) is 8.85. The van der Waals surface area contributed by atoms with Gasteiger partial charge in [0.25, 0.3) is 11.8 Å². The quantitative estimate of drug-likeness (QED) is 0.248. The smallest absolute Gasteiger partial charge is 0.270 e. The summed E-state index contributed by atoms with van der Waals surface area (Å²) >= 11 is 0.717. The Morgan fingerprint density at radius 3 is 2.58 bits per heavy atom. The topological polar surface area (TPSA) is 157 Å². The van der Waals surface area contributed by atoms with Gasteiger partial charge in [0.15, 0.2) is 5.69 Å². The molecule has 1 atom stereocenters. The molecule has 202 valence electrons. The lowest BCUT2D eigenvalue weighted by molar-refractivity contribution is -0.126. The molecule has 10 nitrogen and oxygen atoms in total. The molecule has 5 N–H and O–H groups in total. The largest absolute Gasteiger partial charge is 0.467 e. The summed E-state index contributed by atoms with van der Waals surface area (Å²) in [5, 5.41) is 3.61. The van der Waals surface area contributed by atoms with E-state index >= 15 is 0 Å². The average molecular weight is 559 g/mol. The SMILES string of the molecule is NC(=O)c1nsc(C(=O)N(Cc2ccco2)[C@@H](C(=O)NCc2ccc(F)cc2)c2ccc3ncccc3c2)c1N. The maximum Gasteiger partial charge on any atom is 0.270 e. The number of nitrogens with zero attached hydrogens (tertiary/aromatic N) is 3. The van der Waals surface area contributed by atoms with E-state index in [4.69, 9.17) is 15.9 Å². The third-order valence-corrected chi connectivity index (χ3v) is 7.06. The number of benzene rings is 2. The number of carbonyl (C=O) groups excluding carboxylic acids is 3. The molecule has 3 heterocycles. The molecule has 40 heavy (non-hydrogen) atoms. The first-order valence-electron chi connectivity index (χ1n) is 12.1. The number of nitrogen functional groups attached to an aromatic ring is 1. The van der Waals surface area contributed by atoms with Crippen molar-refractivity contribution in [2.75, 3.05) is 5.73 Å². The lowest BCUT2D eigenvalue weighted by Crippen LogP contribution is -2.43. The molecular weight excluding hydrogens is 535 g/mol. The Morgan fingerprint density at radius 1 is 1.07 bits per heavy atom. The zero-order chi connectivity index (χ0) is 28.2. The first-order chi connectivity index (χ1) is 19.3. The van der Waals surface area contributed by atoms with Gasteiger partial charge >= 0.3 is 0 Å². The summed E-state index contributed by atoms with van der Waals surface area (Å²) < 4.78 is 22.9. The van der Waals surface area contributed by atoms with Gasteiger partial charge in [-0.1, -0.05) is 24.3 Å². The van der Waals surface area contributed by atoms with Gasteiger partial charge in [-0.25, -0.2) is 4.39 Å². The van der Waals surface area contributed by atoms with E-state index < -0.39 is 29.6 Å². The van der Waals surface area contributed by atoms with Crippen molar-refractivity contribution in [1.82, 2.24) is 19.6 Å². The molecule has 0 aliphatic rings. The number of anilines is 1. The van der Waals surface area contributed by atoms with Crippen LogP contribution in [0.2, 0.25) is 0 Å². The van der Waals surface area contributed by atoms with Crippen LogP contribution in [0.1, 0.15) is 43.1 Å². The fraction of sp³-hybridized carbons (Fsp3) is 0.107. The van der Waals surface area contributed by atoms with Gasteiger partial charge in [-0.3, -0.25) is 19.4 Å². The van der Waals surface area contributed by atoms with Crippen molar-refractivity contribution in [3.63, 3.8) is 0 Å². The molecule has 12 heteroatoms. The molecule has 0 fully saturated rings. The van der Waals surface area contributed by atoms with E-state index in [1.165, 1.54) is 23.3 Å². The summed E-state index contributed by atoms with van der Waals surface area (Å²) in [6.07, 6.45) is 3.11. The Kier molecular flexibility index (Phi) is 7.51. The molecule has 2 aromatic carbocycles. The minimum atomic E-state index is -1.17. The highest BCUT2D eigenvalue weighted by Gasteiger charge is 2.35. The number of halogens is 1. The van der Waals surface area contributed by atoms with Crippen molar-refractivity contribution in [3.05, 3.63) is 112 Å². The molecule has 0 bridgehead atoms. The molecule has 3 aromatic heterocycles. The Balaban J connectivity index is 1.58. The molecule has 0 aliphatic carbocycles. The standard InChI is InChI=1S/C28H23FN6O4S/c29-19-8-5-16(6-9-19)14-33-27(37)24(18-7-10-21-17(13-18)3-1-11-32-21)35(15-20-4-2-12-39-20)28(38)25-22(30)23(26(31)36)34-40-25/h1-13,24H,14-15,30H2,(H2,31,36)(H,33,37)/t24-/m1/s1. The van der Waals surface area contributed by atoms with Gasteiger partial charge in [-0.15, -0.1) is 0 Å². The van der Waals surface area contributed by atoms with Gasteiger partial charge in [0.2, 0.25) is 5.91 Å².